The highest BCUT2D eigenvalue weighted by Crippen LogP contribution is 2.24. The molecule has 1 N–H and O–H groups in total. The summed E-state index contributed by atoms with van der Waals surface area (Å²) in [5.41, 5.74) is 3.23. The third-order valence-electron chi connectivity index (χ3n) is 4.17. The molecule has 0 radical (unpaired) electrons. The number of aliphatic hydroxyl groups is 1. The Hall–Kier alpha value is -2.18. The summed E-state index contributed by atoms with van der Waals surface area (Å²) in [5, 5.41) is 10.3. The number of aryl methyl sites for hydroxylation is 1. The Morgan fingerprint density at radius 1 is 1.25 bits per heavy atom. The minimum Gasteiger partial charge on any atom is -0.491 e. The van der Waals surface area contributed by atoms with Crippen LogP contribution in [0.15, 0.2) is 30.6 Å². The maximum absolute atomic E-state index is 10.3. The van der Waals surface area contributed by atoms with Crippen LogP contribution in [0.4, 0.5) is 0 Å². The number of fused-ring (bicyclic) bond motifs is 1. The summed E-state index contributed by atoms with van der Waals surface area (Å²) in [6.07, 6.45) is 1.82. The largest absolute Gasteiger partial charge is 0.491 e. The Morgan fingerprint density at radius 2 is 2.04 bits per heavy atom. The molecule has 0 saturated carbocycles. The maximum Gasteiger partial charge on any atom is 0.220 e. The minimum absolute atomic E-state index is 0.273. The summed E-state index contributed by atoms with van der Waals surface area (Å²) in [6.45, 7) is 4.39. The molecule has 2 heterocycles. The molecule has 128 valence electrons. The van der Waals surface area contributed by atoms with E-state index in [1.54, 1.807) is 7.11 Å². The Kier molecular flexibility index (Phi) is 5.27. The zero-order chi connectivity index (χ0) is 16.9. The van der Waals surface area contributed by atoms with E-state index in [0.717, 1.165) is 30.0 Å². The predicted molar refractivity (Wildman–Crippen MR) is 90.2 cm³/mol. The average Bonchev–Trinajstić information content (AvgIpc) is 2.60. The summed E-state index contributed by atoms with van der Waals surface area (Å²) in [6, 6.07) is 7.83. The second-order valence-corrected chi connectivity index (χ2v) is 6.07. The molecule has 0 fully saturated rings. The molecular weight excluding hydrogens is 306 g/mol. The molecule has 0 saturated heterocycles. The molecule has 6 heteroatoms. The Bertz CT molecular complexity index is 661. The number of benzene rings is 1. The fourth-order valence-electron chi connectivity index (χ4n) is 2.88. The van der Waals surface area contributed by atoms with Crippen LogP contribution in [0.25, 0.3) is 0 Å². The number of ether oxygens (including phenoxy) is 2. The van der Waals surface area contributed by atoms with E-state index in [0.29, 0.717) is 19.0 Å². The van der Waals surface area contributed by atoms with Gasteiger partial charge in [0.05, 0.1) is 12.8 Å². The van der Waals surface area contributed by atoms with Gasteiger partial charge >= 0.3 is 0 Å². The lowest BCUT2D eigenvalue weighted by molar-refractivity contribution is 0.0630. The van der Waals surface area contributed by atoms with Crippen LogP contribution in [0.5, 0.6) is 11.6 Å². The Labute approximate surface area is 142 Å². The van der Waals surface area contributed by atoms with Gasteiger partial charge in [-0.05, 0) is 19.1 Å². The van der Waals surface area contributed by atoms with Crippen molar-refractivity contribution in [2.45, 2.75) is 26.0 Å². The lowest BCUT2D eigenvalue weighted by Crippen LogP contribution is -2.39. The first-order valence-corrected chi connectivity index (χ1v) is 8.12. The van der Waals surface area contributed by atoms with Crippen molar-refractivity contribution in [3.05, 3.63) is 47.4 Å². The normalized spacial score (nSPS) is 15.6. The van der Waals surface area contributed by atoms with Crippen LogP contribution in [0, 0.1) is 6.92 Å². The topological polar surface area (TPSA) is 67.7 Å². The first kappa shape index (κ1) is 16.7. The van der Waals surface area contributed by atoms with Crippen LogP contribution in [0.3, 0.4) is 0 Å². The van der Waals surface area contributed by atoms with E-state index < -0.39 is 6.10 Å². The van der Waals surface area contributed by atoms with Crippen LogP contribution in [0.2, 0.25) is 0 Å². The molecule has 1 aromatic heterocycles. The monoisotopic (exact) mass is 329 g/mol. The summed E-state index contributed by atoms with van der Waals surface area (Å²) in [7, 11) is 1.62. The fourth-order valence-corrected chi connectivity index (χ4v) is 2.88. The second kappa shape index (κ2) is 7.59. The highest BCUT2D eigenvalue weighted by molar-refractivity contribution is 5.31. The van der Waals surface area contributed by atoms with Gasteiger partial charge in [-0.1, -0.05) is 17.7 Å². The number of hydrogen-bond donors (Lipinski definition) is 1. The molecule has 0 amide bonds. The smallest absolute Gasteiger partial charge is 0.220 e. The number of nitrogens with zero attached hydrogens (tertiary/aromatic N) is 3. The van der Waals surface area contributed by atoms with E-state index in [1.807, 2.05) is 31.2 Å². The summed E-state index contributed by atoms with van der Waals surface area (Å²) in [4.78, 5) is 10.7. The molecule has 1 aromatic carbocycles. The predicted octanol–water partition coefficient (Wildman–Crippen LogP) is 1.59. The van der Waals surface area contributed by atoms with Crippen LogP contribution in [-0.4, -0.2) is 52.9 Å². The molecular formula is C18H23N3O3. The second-order valence-electron chi connectivity index (χ2n) is 6.07. The zero-order valence-corrected chi connectivity index (χ0v) is 14.1. The van der Waals surface area contributed by atoms with E-state index in [-0.39, 0.29) is 6.61 Å². The van der Waals surface area contributed by atoms with E-state index in [4.69, 9.17) is 9.47 Å². The summed E-state index contributed by atoms with van der Waals surface area (Å²) in [5.74, 6) is 1.40. The maximum atomic E-state index is 10.3. The van der Waals surface area contributed by atoms with E-state index in [2.05, 4.69) is 14.9 Å². The Morgan fingerprint density at radius 3 is 2.79 bits per heavy atom. The number of aromatic nitrogens is 2. The van der Waals surface area contributed by atoms with Gasteiger partial charge in [-0.2, -0.15) is 0 Å². The van der Waals surface area contributed by atoms with E-state index in [1.165, 1.54) is 11.9 Å². The van der Waals surface area contributed by atoms with Gasteiger partial charge in [0.15, 0.2) is 0 Å². The first-order valence-electron chi connectivity index (χ1n) is 8.12. The van der Waals surface area contributed by atoms with Gasteiger partial charge in [0.1, 0.15) is 24.8 Å². The van der Waals surface area contributed by atoms with Crippen molar-refractivity contribution in [2.24, 2.45) is 0 Å². The van der Waals surface area contributed by atoms with Gasteiger partial charge in [-0.15, -0.1) is 0 Å². The van der Waals surface area contributed by atoms with Crippen LogP contribution >= 0.6 is 0 Å². The van der Waals surface area contributed by atoms with Crippen molar-refractivity contribution < 1.29 is 14.6 Å². The number of aliphatic hydroxyl groups excluding tert-OH is 1. The number of β-amino-alcohol motifs (C(OH)–C–C–N with tert-alkyl or cyclic N) is 1. The number of methoxy groups -OCH3 is 1. The van der Waals surface area contributed by atoms with Gasteiger partial charge < -0.3 is 14.6 Å². The molecule has 6 nitrogen and oxygen atoms in total. The number of rotatable bonds is 6. The van der Waals surface area contributed by atoms with Crippen LogP contribution in [-0.2, 0) is 13.0 Å². The minimum atomic E-state index is -0.552. The molecule has 1 unspecified atom stereocenters. The molecule has 0 bridgehead atoms. The van der Waals surface area contributed by atoms with Crippen molar-refractivity contribution in [2.75, 3.05) is 26.8 Å². The first-order chi connectivity index (χ1) is 11.7. The molecule has 3 rings (SSSR count). The Balaban J connectivity index is 1.53. The third kappa shape index (κ3) is 4.01. The van der Waals surface area contributed by atoms with E-state index >= 15 is 0 Å². The van der Waals surface area contributed by atoms with Crippen molar-refractivity contribution in [1.82, 2.24) is 14.9 Å². The molecule has 0 aliphatic carbocycles. The fraction of sp³-hybridized carbons (Fsp3) is 0.444. The van der Waals surface area contributed by atoms with Crippen molar-refractivity contribution in [3.63, 3.8) is 0 Å². The highest BCUT2D eigenvalue weighted by atomic mass is 16.5. The molecule has 24 heavy (non-hydrogen) atoms. The third-order valence-corrected chi connectivity index (χ3v) is 4.17. The van der Waals surface area contributed by atoms with Gasteiger partial charge in [0.2, 0.25) is 5.88 Å². The van der Waals surface area contributed by atoms with Crippen molar-refractivity contribution in [1.29, 1.82) is 0 Å². The van der Waals surface area contributed by atoms with Gasteiger partial charge in [0, 0.05) is 31.6 Å². The molecule has 1 aliphatic rings. The zero-order valence-electron chi connectivity index (χ0n) is 14.1. The molecule has 2 aromatic rings. The van der Waals surface area contributed by atoms with Gasteiger partial charge in [-0.3, -0.25) is 4.90 Å². The van der Waals surface area contributed by atoms with Gasteiger partial charge in [0.25, 0.3) is 0 Å². The van der Waals surface area contributed by atoms with Crippen molar-refractivity contribution >= 4 is 0 Å². The van der Waals surface area contributed by atoms with Crippen molar-refractivity contribution in [3.8, 4) is 11.6 Å². The quantitative estimate of drug-likeness (QED) is 0.868. The van der Waals surface area contributed by atoms with Gasteiger partial charge in [-0.25, -0.2) is 9.97 Å². The SMILES string of the molecule is COc1ncnc2c1CN(CC(O)COc1ccc(C)cc1)CC2. The van der Waals surface area contributed by atoms with E-state index in [9.17, 15) is 5.11 Å². The summed E-state index contributed by atoms with van der Waals surface area (Å²) >= 11 is 0. The molecule has 0 spiro atoms. The average molecular weight is 329 g/mol. The lowest BCUT2D eigenvalue weighted by Gasteiger charge is -2.30. The number of hydrogen-bond acceptors (Lipinski definition) is 6. The summed E-state index contributed by atoms with van der Waals surface area (Å²) < 4.78 is 11.0. The lowest BCUT2D eigenvalue weighted by atomic mass is 10.1. The highest BCUT2D eigenvalue weighted by Gasteiger charge is 2.23. The van der Waals surface area contributed by atoms with Crippen LogP contribution < -0.4 is 9.47 Å². The molecule has 1 aliphatic heterocycles. The molecule has 1 atom stereocenters. The van der Waals surface area contributed by atoms with Crippen LogP contribution in [0.1, 0.15) is 16.8 Å². The standard InChI is InChI=1S/C18H23N3O3/c1-13-3-5-15(6-4-13)24-11-14(22)9-21-8-7-17-16(10-21)18(23-2)20-12-19-17/h3-6,12,14,22H,7-11H2,1-2H3.